The third-order valence-electron chi connectivity index (χ3n) is 1.54. The van der Waals surface area contributed by atoms with Crippen LogP contribution in [0.4, 0.5) is 0 Å². The maximum Gasteiger partial charge on any atom is 0.316 e. The minimum absolute atomic E-state index is 1.04. The molecule has 0 N–H and O–H groups in total. The highest BCUT2D eigenvalue weighted by Gasteiger charge is 2.09. The van der Waals surface area contributed by atoms with Crippen LogP contribution in [-0.4, -0.2) is 14.6 Å². The summed E-state index contributed by atoms with van der Waals surface area (Å²) in [6.07, 6.45) is 7.09. The molecule has 0 spiro atoms. The van der Waals surface area contributed by atoms with Gasteiger partial charge in [-0.1, -0.05) is 2.90 Å². The van der Waals surface area contributed by atoms with E-state index in [1.54, 1.807) is 18.9 Å². The fraction of sp³-hybridized carbons (Fsp3) is 0. The predicted molar refractivity (Wildman–Crippen MR) is 63.7 cm³/mol. The Bertz CT molecular complexity index is 426. The smallest absolute Gasteiger partial charge is 0.262 e. The van der Waals surface area contributed by atoms with Crippen molar-refractivity contribution in [2.45, 2.75) is 0 Å². The molecule has 0 saturated heterocycles. The highest BCUT2D eigenvalue weighted by Crippen LogP contribution is 2.12. The van der Waals surface area contributed by atoms with Crippen molar-refractivity contribution in [1.82, 2.24) is 14.6 Å². The molecule has 0 aliphatic rings. The largest absolute Gasteiger partial charge is 0.316 e. The number of hydrogen-bond donors (Lipinski definition) is 0. The van der Waals surface area contributed by atoms with Gasteiger partial charge in [-0.25, -0.2) is 0 Å². The minimum Gasteiger partial charge on any atom is -0.262 e. The summed E-state index contributed by atoms with van der Waals surface area (Å²) in [5, 5.41) is 0. The van der Waals surface area contributed by atoms with Gasteiger partial charge in [0, 0.05) is 9.77 Å². The van der Waals surface area contributed by atoms with Crippen molar-refractivity contribution in [3.8, 4) is 5.69 Å². The van der Waals surface area contributed by atoms with Crippen LogP contribution in [0.1, 0.15) is 0 Å². The molecule has 0 unspecified atom stereocenters. The second-order valence-corrected chi connectivity index (χ2v) is 4.49. The van der Waals surface area contributed by atoms with Gasteiger partial charge in [-0.15, -0.1) is 4.68 Å². The number of hydrogen-bond acceptors (Lipinski definition) is 2. The van der Waals surface area contributed by atoms with Crippen molar-refractivity contribution in [2.24, 2.45) is 0 Å². The first-order valence-electron chi connectivity index (χ1n) is 3.49. The van der Waals surface area contributed by atoms with Crippen molar-refractivity contribution in [3.05, 3.63) is 34.7 Å². The van der Waals surface area contributed by atoms with Gasteiger partial charge in [0.1, 0.15) is 5.69 Å². The van der Waals surface area contributed by atoms with E-state index in [1.165, 1.54) is 0 Å². The molecule has 4 nitrogen and oxygen atoms in total. The van der Waals surface area contributed by atoms with Crippen molar-refractivity contribution in [2.75, 3.05) is 0 Å². The first-order valence-corrected chi connectivity index (χ1v) is 5.54. The van der Waals surface area contributed by atoms with Crippen molar-refractivity contribution >= 4 is 45.5 Å². The standard InChI is InChI=1S/C7H5I2N4/c8-6-1-2-10-3-7(6)12-4-11-5-13(12)9/h1-5H/q+1. The van der Waals surface area contributed by atoms with Gasteiger partial charge in [0.2, 0.25) is 29.2 Å². The molecule has 0 amide bonds. The van der Waals surface area contributed by atoms with E-state index in [0.29, 0.717) is 0 Å². The minimum atomic E-state index is 1.04. The van der Waals surface area contributed by atoms with Gasteiger partial charge in [-0.2, -0.15) is 0 Å². The lowest BCUT2D eigenvalue weighted by molar-refractivity contribution is -0.533. The Kier molecular flexibility index (Phi) is 2.77. The lowest BCUT2D eigenvalue weighted by Crippen LogP contribution is -2.29. The summed E-state index contributed by atoms with van der Waals surface area (Å²) in [6, 6.07) is 1.96. The Morgan fingerprint density at radius 2 is 2.23 bits per heavy atom. The quantitative estimate of drug-likeness (QED) is 0.680. The zero-order valence-corrected chi connectivity index (χ0v) is 10.7. The summed E-state index contributed by atoms with van der Waals surface area (Å²) >= 11 is 4.43. The maximum absolute atomic E-state index is 4.07. The van der Waals surface area contributed by atoms with E-state index in [-0.39, 0.29) is 0 Å². The van der Waals surface area contributed by atoms with Crippen LogP contribution in [0.25, 0.3) is 5.69 Å². The van der Waals surface area contributed by atoms with Crippen molar-refractivity contribution < 1.29 is 2.90 Å². The second kappa shape index (κ2) is 3.86. The molecule has 6 heteroatoms. The van der Waals surface area contributed by atoms with Crippen LogP contribution in [0.15, 0.2) is 31.1 Å². The first-order chi connectivity index (χ1) is 6.29. The summed E-state index contributed by atoms with van der Waals surface area (Å²) in [7, 11) is 0. The molecule has 0 atom stereocenters. The number of pyridine rings is 1. The molecule has 0 radical (unpaired) electrons. The third kappa shape index (κ3) is 1.82. The first kappa shape index (κ1) is 9.31. The molecular formula is C7H5I2N4+. The van der Waals surface area contributed by atoms with Gasteiger partial charge in [0.15, 0.2) is 0 Å². The van der Waals surface area contributed by atoms with E-state index in [0.717, 1.165) is 9.26 Å². The van der Waals surface area contributed by atoms with Crippen LogP contribution < -0.4 is 2.90 Å². The highest BCUT2D eigenvalue weighted by atomic mass is 127. The Labute approximate surface area is 103 Å². The fourth-order valence-electron chi connectivity index (χ4n) is 0.956. The van der Waals surface area contributed by atoms with E-state index in [9.17, 15) is 0 Å². The van der Waals surface area contributed by atoms with E-state index in [1.807, 2.05) is 19.8 Å². The number of halogens is 2. The normalized spacial score (nSPS) is 10.3. The molecule has 2 heterocycles. The molecule has 2 rings (SSSR count). The molecule has 0 bridgehead atoms. The molecule has 0 aliphatic heterocycles. The monoisotopic (exact) mass is 399 g/mol. The average molecular weight is 399 g/mol. The molecule has 2 aromatic heterocycles. The van der Waals surface area contributed by atoms with Crippen LogP contribution in [0.3, 0.4) is 0 Å². The summed E-state index contributed by atoms with van der Waals surface area (Å²) in [5.41, 5.74) is 1.04. The van der Waals surface area contributed by atoms with Gasteiger partial charge < -0.3 is 0 Å². The van der Waals surface area contributed by atoms with Crippen LogP contribution in [0.5, 0.6) is 0 Å². The fourth-order valence-corrected chi connectivity index (χ4v) is 1.99. The van der Waals surface area contributed by atoms with Crippen LogP contribution in [0.2, 0.25) is 0 Å². The number of rotatable bonds is 1. The van der Waals surface area contributed by atoms with E-state index in [4.69, 9.17) is 0 Å². The molecule has 0 saturated carbocycles. The zero-order chi connectivity index (χ0) is 9.26. The highest BCUT2D eigenvalue weighted by molar-refractivity contribution is 14.1. The molecule has 0 fully saturated rings. The summed E-state index contributed by atoms with van der Waals surface area (Å²) in [5.74, 6) is 0. The zero-order valence-electron chi connectivity index (χ0n) is 6.43. The number of aromatic nitrogens is 4. The third-order valence-corrected chi connectivity index (χ3v) is 3.17. The Morgan fingerprint density at radius 1 is 1.38 bits per heavy atom. The molecule has 0 aromatic carbocycles. The van der Waals surface area contributed by atoms with Gasteiger partial charge in [-0.05, 0) is 33.6 Å². The molecule has 2 aromatic rings. The topological polar surface area (TPSA) is 34.6 Å². The van der Waals surface area contributed by atoms with E-state index >= 15 is 0 Å². The van der Waals surface area contributed by atoms with Gasteiger partial charge in [0.25, 0.3) is 0 Å². The van der Waals surface area contributed by atoms with Gasteiger partial charge in [0.05, 0.1) is 6.20 Å². The van der Waals surface area contributed by atoms with E-state index < -0.39 is 0 Å². The van der Waals surface area contributed by atoms with Crippen LogP contribution in [0, 0.1) is 3.57 Å². The van der Waals surface area contributed by atoms with Gasteiger partial charge >= 0.3 is 6.33 Å². The molecule has 66 valence electrons. The summed E-state index contributed by atoms with van der Waals surface area (Å²) in [6.45, 7) is 0. The molecule has 0 aliphatic carbocycles. The average Bonchev–Trinajstić information content (AvgIpc) is 2.52. The van der Waals surface area contributed by atoms with E-state index in [2.05, 4.69) is 55.4 Å². The summed E-state index contributed by atoms with van der Waals surface area (Å²) < 4.78 is 4.95. The van der Waals surface area contributed by atoms with Crippen molar-refractivity contribution in [3.63, 3.8) is 0 Å². The molecule has 13 heavy (non-hydrogen) atoms. The second-order valence-electron chi connectivity index (χ2n) is 2.34. The summed E-state index contributed by atoms with van der Waals surface area (Å²) in [4.78, 5) is 8.10. The predicted octanol–water partition coefficient (Wildman–Crippen LogP) is 1.36. The van der Waals surface area contributed by atoms with Gasteiger partial charge in [-0.3, -0.25) is 4.98 Å². The Morgan fingerprint density at radius 3 is 2.85 bits per heavy atom. The maximum atomic E-state index is 4.07. The van der Waals surface area contributed by atoms with Crippen LogP contribution >= 0.6 is 45.5 Å². The van der Waals surface area contributed by atoms with Crippen LogP contribution in [-0.2, 0) is 0 Å². The SMILES string of the molecule is Ic1ccncc1-n1cnc[n+]1I. The molecular weight excluding hydrogens is 394 g/mol. The van der Waals surface area contributed by atoms with Crippen molar-refractivity contribution in [1.29, 1.82) is 0 Å². The Balaban J connectivity index is 2.59. The Hall–Kier alpha value is -0.250. The lowest BCUT2D eigenvalue weighted by Gasteiger charge is -2.00. The number of nitrogens with zero attached hydrogens (tertiary/aromatic N) is 4. The lowest BCUT2D eigenvalue weighted by atomic mass is 10.4.